The molecule has 11 heteroatoms. The summed E-state index contributed by atoms with van der Waals surface area (Å²) < 4.78 is 5.35. The molecule has 11 nitrogen and oxygen atoms in total. The number of ether oxygens (including phenoxy) is 1. The van der Waals surface area contributed by atoms with E-state index in [4.69, 9.17) is 10.5 Å². The number of anilines is 1. The molecule has 132 valence electrons. The molecule has 5 N–H and O–H groups in total. The van der Waals surface area contributed by atoms with Gasteiger partial charge in [-0.2, -0.15) is 0 Å². The Labute approximate surface area is 140 Å². The van der Waals surface area contributed by atoms with Gasteiger partial charge in [0.05, 0.1) is 17.6 Å². The number of hydrogen-bond donors (Lipinski definition) is 4. The van der Waals surface area contributed by atoms with Crippen molar-refractivity contribution in [1.82, 2.24) is 15.3 Å². The highest BCUT2D eigenvalue weighted by molar-refractivity contribution is 5.96. The Hall–Kier alpha value is -3.63. The summed E-state index contributed by atoms with van der Waals surface area (Å²) in [6, 6.07) is 5.72. The summed E-state index contributed by atoms with van der Waals surface area (Å²) >= 11 is 0. The first kappa shape index (κ1) is 17.7. The number of rotatable bonds is 7. The van der Waals surface area contributed by atoms with Crippen LogP contribution in [0.25, 0.3) is 0 Å². The van der Waals surface area contributed by atoms with Crippen molar-refractivity contribution in [2.24, 2.45) is 0 Å². The van der Waals surface area contributed by atoms with Crippen LogP contribution in [0.4, 0.5) is 11.4 Å². The molecule has 1 amide bonds. The topological polar surface area (TPSA) is 173 Å². The predicted octanol–water partition coefficient (Wildman–Crippen LogP) is -0.248. The molecule has 0 aliphatic carbocycles. The number of aromatic nitrogens is 2. The number of nitrogens with one attached hydrogen (secondary N) is 3. The van der Waals surface area contributed by atoms with Crippen molar-refractivity contribution in [3.8, 4) is 5.75 Å². The van der Waals surface area contributed by atoms with Crippen molar-refractivity contribution in [3.05, 3.63) is 60.9 Å². The van der Waals surface area contributed by atoms with Crippen molar-refractivity contribution in [3.63, 3.8) is 0 Å². The average molecular weight is 349 g/mol. The van der Waals surface area contributed by atoms with Crippen molar-refractivity contribution in [2.75, 3.05) is 18.9 Å². The number of non-ortho nitro benzene ring substituents is 1. The van der Waals surface area contributed by atoms with Crippen molar-refractivity contribution in [1.29, 1.82) is 0 Å². The van der Waals surface area contributed by atoms with E-state index in [2.05, 4.69) is 10.3 Å². The van der Waals surface area contributed by atoms with Gasteiger partial charge >= 0.3 is 5.69 Å². The van der Waals surface area contributed by atoms with Crippen LogP contribution in [-0.4, -0.2) is 34.0 Å². The van der Waals surface area contributed by atoms with Crippen LogP contribution >= 0.6 is 0 Å². The van der Waals surface area contributed by atoms with Gasteiger partial charge in [-0.25, -0.2) is 4.79 Å². The standard InChI is InChI=1S/C14H15N5O6/c15-10-11(17-14(22)18-12(10)20)13(21)16-5-2-6-25-9-4-1-3-8(7-9)19(23)24/h1,3-4,7H,2,5-6,15H2,(H,16,21)(H2,17,18,20,22). The molecule has 0 bridgehead atoms. The van der Waals surface area contributed by atoms with E-state index in [1.807, 2.05) is 4.98 Å². The van der Waals surface area contributed by atoms with Gasteiger partial charge in [0.15, 0.2) is 0 Å². The van der Waals surface area contributed by atoms with Crippen LogP contribution in [0, 0.1) is 10.1 Å². The lowest BCUT2D eigenvalue weighted by Crippen LogP contribution is -2.34. The number of H-pyrrole nitrogens is 2. The number of aromatic amines is 2. The monoisotopic (exact) mass is 349 g/mol. The Kier molecular flexibility index (Phi) is 5.50. The first-order chi connectivity index (χ1) is 11.9. The number of carbonyl (C=O) groups is 1. The number of benzene rings is 1. The number of carbonyl (C=O) groups excluding carboxylic acids is 1. The Morgan fingerprint density at radius 2 is 2.08 bits per heavy atom. The Morgan fingerprint density at radius 3 is 2.80 bits per heavy atom. The van der Waals surface area contributed by atoms with Gasteiger partial charge in [-0.3, -0.25) is 24.7 Å². The summed E-state index contributed by atoms with van der Waals surface area (Å²) in [7, 11) is 0. The number of nitrogen functional groups attached to an aromatic ring is 1. The van der Waals surface area contributed by atoms with Crippen LogP contribution in [0.1, 0.15) is 16.9 Å². The molecule has 1 aromatic heterocycles. The zero-order chi connectivity index (χ0) is 18.4. The number of nitro groups is 1. The van der Waals surface area contributed by atoms with Gasteiger partial charge in [0.2, 0.25) is 0 Å². The van der Waals surface area contributed by atoms with Crippen LogP contribution < -0.4 is 27.0 Å². The van der Waals surface area contributed by atoms with Crippen LogP contribution in [0.2, 0.25) is 0 Å². The fourth-order valence-corrected chi connectivity index (χ4v) is 1.91. The third kappa shape index (κ3) is 4.67. The molecule has 0 radical (unpaired) electrons. The smallest absolute Gasteiger partial charge is 0.326 e. The summed E-state index contributed by atoms with van der Waals surface area (Å²) in [5.41, 5.74) is 2.98. The second kappa shape index (κ2) is 7.77. The lowest BCUT2D eigenvalue weighted by atomic mass is 10.3. The van der Waals surface area contributed by atoms with E-state index in [0.29, 0.717) is 12.2 Å². The molecule has 1 heterocycles. The Morgan fingerprint density at radius 1 is 1.32 bits per heavy atom. The zero-order valence-corrected chi connectivity index (χ0v) is 12.9. The number of amides is 1. The van der Waals surface area contributed by atoms with E-state index in [0.717, 1.165) is 0 Å². The number of hydrogen-bond acceptors (Lipinski definition) is 7. The summed E-state index contributed by atoms with van der Waals surface area (Å²) in [5.74, 6) is -0.361. The van der Waals surface area contributed by atoms with Gasteiger partial charge in [-0.05, 0) is 12.5 Å². The van der Waals surface area contributed by atoms with E-state index in [1.165, 1.54) is 18.2 Å². The van der Waals surface area contributed by atoms with Crippen LogP contribution in [0.15, 0.2) is 33.9 Å². The fourth-order valence-electron chi connectivity index (χ4n) is 1.91. The molecule has 0 saturated carbocycles. The minimum absolute atomic E-state index is 0.0838. The molecule has 25 heavy (non-hydrogen) atoms. The molecule has 1 aromatic carbocycles. The molecule has 0 fully saturated rings. The molecule has 0 atom stereocenters. The summed E-state index contributed by atoms with van der Waals surface area (Å²) in [5, 5.41) is 13.1. The summed E-state index contributed by atoms with van der Waals surface area (Å²) in [6.07, 6.45) is 0.391. The largest absolute Gasteiger partial charge is 0.493 e. The van der Waals surface area contributed by atoms with E-state index < -0.39 is 22.1 Å². The van der Waals surface area contributed by atoms with Crippen LogP contribution in [-0.2, 0) is 0 Å². The number of nitrogens with zero attached hydrogens (tertiary/aromatic N) is 1. The third-order valence-electron chi connectivity index (χ3n) is 3.11. The average Bonchev–Trinajstić information content (AvgIpc) is 2.57. The van der Waals surface area contributed by atoms with E-state index >= 15 is 0 Å². The van der Waals surface area contributed by atoms with Crippen LogP contribution in [0.3, 0.4) is 0 Å². The molecule has 0 aliphatic heterocycles. The fraction of sp³-hybridized carbons (Fsp3) is 0.214. The van der Waals surface area contributed by atoms with Gasteiger partial charge < -0.3 is 20.8 Å². The third-order valence-corrected chi connectivity index (χ3v) is 3.11. The molecule has 0 saturated heterocycles. The van der Waals surface area contributed by atoms with Crippen LogP contribution in [0.5, 0.6) is 5.75 Å². The molecule has 2 rings (SSSR count). The maximum atomic E-state index is 11.9. The maximum absolute atomic E-state index is 11.9. The Bertz CT molecular complexity index is 903. The number of nitrogens with two attached hydrogens (primary N) is 1. The van der Waals surface area contributed by atoms with Gasteiger partial charge in [0.25, 0.3) is 17.2 Å². The Balaban J connectivity index is 1.83. The van der Waals surface area contributed by atoms with Crippen molar-refractivity contribution < 1.29 is 14.5 Å². The lowest BCUT2D eigenvalue weighted by molar-refractivity contribution is -0.384. The SMILES string of the molecule is Nc1c(C(=O)NCCCOc2cccc([N+](=O)[O-])c2)[nH]c(=O)[nH]c1=O. The van der Waals surface area contributed by atoms with Crippen molar-refractivity contribution >= 4 is 17.3 Å². The highest BCUT2D eigenvalue weighted by Crippen LogP contribution is 2.18. The van der Waals surface area contributed by atoms with E-state index in [9.17, 15) is 24.5 Å². The molecular formula is C14H15N5O6. The zero-order valence-electron chi connectivity index (χ0n) is 12.9. The molecule has 0 spiro atoms. The lowest BCUT2D eigenvalue weighted by Gasteiger charge is -2.08. The highest BCUT2D eigenvalue weighted by Gasteiger charge is 2.13. The summed E-state index contributed by atoms with van der Waals surface area (Å²) in [4.78, 5) is 48.6. The second-order valence-electron chi connectivity index (χ2n) is 4.91. The highest BCUT2D eigenvalue weighted by atomic mass is 16.6. The molecule has 2 aromatic rings. The van der Waals surface area contributed by atoms with Gasteiger partial charge in [-0.1, -0.05) is 6.07 Å². The quantitative estimate of drug-likeness (QED) is 0.303. The van der Waals surface area contributed by atoms with Crippen molar-refractivity contribution in [2.45, 2.75) is 6.42 Å². The molecule has 0 aliphatic rings. The van der Waals surface area contributed by atoms with Gasteiger partial charge in [-0.15, -0.1) is 0 Å². The normalized spacial score (nSPS) is 10.2. The van der Waals surface area contributed by atoms with Gasteiger partial charge in [0, 0.05) is 12.6 Å². The minimum Gasteiger partial charge on any atom is -0.493 e. The minimum atomic E-state index is -0.845. The molecule has 0 unspecified atom stereocenters. The van der Waals surface area contributed by atoms with Gasteiger partial charge in [0.1, 0.15) is 17.1 Å². The first-order valence-electron chi connectivity index (χ1n) is 7.16. The maximum Gasteiger partial charge on any atom is 0.326 e. The van der Waals surface area contributed by atoms with E-state index in [-0.39, 0.29) is 30.2 Å². The molecular weight excluding hydrogens is 334 g/mol. The van der Waals surface area contributed by atoms with E-state index in [1.54, 1.807) is 6.07 Å². The first-order valence-corrected chi connectivity index (χ1v) is 7.16. The summed E-state index contributed by atoms with van der Waals surface area (Å²) in [6.45, 7) is 0.380. The second-order valence-corrected chi connectivity index (χ2v) is 4.91. The number of nitro benzene ring substituents is 1. The predicted molar refractivity (Wildman–Crippen MR) is 87.6 cm³/mol.